The third kappa shape index (κ3) is 3.00. The third-order valence-corrected chi connectivity index (χ3v) is 3.67. The Morgan fingerprint density at radius 3 is 2.88 bits per heavy atom. The van der Waals surface area contributed by atoms with Gasteiger partial charge in [-0.1, -0.05) is 17.7 Å². The van der Waals surface area contributed by atoms with Crippen molar-refractivity contribution in [1.82, 2.24) is 0 Å². The van der Waals surface area contributed by atoms with Gasteiger partial charge in [0.2, 0.25) is 0 Å². The average Bonchev–Trinajstić information content (AvgIpc) is 2.78. The smallest absolute Gasteiger partial charge is 0.110 e. The van der Waals surface area contributed by atoms with Crippen molar-refractivity contribution in [1.29, 1.82) is 5.26 Å². The summed E-state index contributed by atoms with van der Waals surface area (Å²) in [7, 11) is 0. The van der Waals surface area contributed by atoms with Crippen molar-refractivity contribution in [2.24, 2.45) is 0 Å². The van der Waals surface area contributed by atoms with Crippen LogP contribution in [0.25, 0.3) is 0 Å². The van der Waals surface area contributed by atoms with Gasteiger partial charge in [-0.05, 0) is 36.8 Å². The SMILES string of the molecule is Cc1ccc(Cl)c(NCc2ccc(C#N)s2)c1. The van der Waals surface area contributed by atoms with Crippen molar-refractivity contribution in [3.63, 3.8) is 0 Å². The molecule has 0 saturated carbocycles. The largest absolute Gasteiger partial charge is 0.379 e. The Kier molecular flexibility index (Phi) is 3.68. The predicted octanol–water partition coefficient (Wildman–Crippen LogP) is 4.19. The standard InChI is InChI=1S/C13H11ClN2S/c1-9-2-5-12(14)13(6-9)16-8-11-4-3-10(7-15)17-11/h2-6,16H,8H2,1H3. The van der Waals surface area contributed by atoms with E-state index in [1.54, 1.807) is 0 Å². The van der Waals surface area contributed by atoms with Crippen LogP contribution < -0.4 is 5.32 Å². The molecule has 0 aliphatic heterocycles. The summed E-state index contributed by atoms with van der Waals surface area (Å²) in [6.07, 6.45) is 0. The number of nitrogens with zero attached hydrogens (tertiary/aromatic N) is 1. The second-order valence-corrected chi connectivity index (χ2v) is 5.29. The molecule has 0 aliphatic carbocycles. The number of aryl methyl sites for hydroxylation is 1. The molecule has 0 spiro atoms. The first-order valence-electron chi connectivity index (χ1n) is 5.18. The van der Waals surface area contributed by atoms with Gasteiger partial charge in [0.15, 0.2) is 0 Å². The number of halogens is 1. The lowest BCUT2D eigenvalue weighted by Gasteiger charge is -2.07. The van der Waals surface area contributed by atoms with Crippen LogP contribution >= 0.6 is 22.9 Å². The van der Waals surface area contributed by atoms with Crippen LogP contribution in [0.3, 0.4) is 0 Å². The molecule has 0 unspecified atom stereocenters. The summed E-state index contributed by atoms with van der Waals surface area (Å²) in [6.45, 7) is 2.72. The quantitative estimate of drug-likeness (QED) is 0.900. The molecule has 2 rings (SSSR count). The number of benzene rings is 1. The number of hydrogen-bond donors (Lipinski definition) is 1. The predicted molar refractivity (Wildman–Crippen MR) is 72.5 cm³/mol. The topological polar surface area (TPSA) is 35.8 Å². The van der Waals surface area contributed by atoms with Gasteiger partial charge in [0.1, 0.15) is 10.9 Å². The van der Waals surface area contributed by atoms with Crippen LogP contribution in [0, 0.1) is 18.3 Å². The molecule has 1 aromatic heterocycles. The van der Waals surface area contributed by atoms with Gasteiger partial charge in [0, 0.05) is 11.4 Å². The van der Waals surface area contributed by atoms with E-state index in [9.17, 15) is 0 Å². The van der Waals surface area contributed by atoms with E-state index in [1.165, 1.54) is 16.9 Å². The monoisotopic (exact) mass is 262 g/mol. The molecule has 86 valence electrons. The van der Waals surface area contributed by atoms with E-state index in [0.29, 0.717) is 11.6 Å². The van der Waals surface area contributed by atoms with Gasteiger partial charge < -0.3 is 5.32 Å². The van der Waals surface area contributed by atoms with Crippen LogP contribution in [0.4, 0.5) is 5.69 Å². The maximum atomic E-state index is 8.74. The van der Waals surface area contributed by atoms with Crippen LogP contribution in [0.15, 0.2) is 30.3 Å². The molecule has 1 heterocycles. The minimum absolute atomic E-state index is 0.690. The van der Waals surface area contributed by atoms with E-state index in [0.717, 1.165) is 15.4 Å². The lowest BCUT2D eigenvalue weighted by Crippen LogP contribution is -1.98. The molecule has 0 aliphatic rings. The molecule has 0 bridgehead atoms. The molecular formula is C13H11ClN2S. The lowest BCUT2D eigenvalue weighted by molar-refractivity contribution is 1.19. The van der Waals surface area contributed by atoms with Gasteiger partial charge >= 0.3 is 0 Å². The van der Waals surface area contributed by atoms with E-state index in [-0.39, 0.29) is 0 Å². The van der Waals surface area contributed by atoms with Crippen LogP contribution in [-0.2, 0) is 6.54 Å². The molecule has 1 N–H and O–H groups in total. The third-order valence-electron chi connectivity index (χ3n) is 2.35. The number of anilines is 1. The number of nitrogens with one attached hydrogen (secondary N) is 1. The molecule has 1 aromatic carbocycles. The van der Waals surface area contributed by atoms with Gasteiger partial charge in [-0.2, -0.15) is 5.26 Å². The molecular weight excluding hydrogens is 252 g/mol. The van der Waals surface area contributed by atoms with Crippen molar-refractivity contribution < 1.29 is 0 Å². The molecule has 0 radical (unpaired) electrons. The molecule has 0 amide bonds. The van der Waals surface area contributed by atoms with E-state index in [1.807, 2.05) is 37.3 Å². The van der Waals surface area contributed by atoms with Crippen molar-refractivity contribution in [3.05, 3.63) is 50.7 Å². The van der Waals surface area contributed by atoms with Gasteiger partial charge in [0.05, 0.1) is 10.7 Å². The van der Waals surface area contributed by atoms with Gasteiger partial charge in [-0.25, -0.2) is 0 Å². The van der Waals surface area contributed by atoms with E-state index in [2.05, 4.69) is 11.4 Å². The number of nitriles is 1. The summed E-state index contributed by atoms with van der Waals surface area (Å²) < 4.78 is 0. The first-order chi connectivity index (χ1) is 8.19. The summed E-state index contributed by atoms with van der Waals surface area (Å²) in [5, 5.41) is 12.7. The Hall–Kier alpha value is -1.50. The first-order valence-corrected chi connectivity index (χ1v) is 6.37. The fourth-order valence-corrected chi connectivity index (χ4v) is 2.42. The van der Waals surface area contributed by atoms with Gasteiger partial charge in [0.25, 0.3) is 0 Å². The summed E-state index contributed by atoms with van der Waals surface area (Å²) >= 11 is 7.58. The van der Waals surface area contributed by atoms with Gasteiger partial charge in [-0.3, -0.25) is 0 Å². The second kappa shape index (κ2) is 5.22. The number of thiophene rings is 1. The highest BCUT2D eigenvalue weighted by molar-refractivity contribution is 7.12. The summed E-state index contributed by atoms with van der Waals surface area (Å²) in [4.78, 5) is 1.86. The fraction of sp³-hybridized carbons (Fsp3) is 0.154. The zero-order valence-corrected chi connectivity index (χ0v) is 10.9. The van der Waals surface area contributed by atoms with Crippen LogP contribution in [0.5, 0.6) is 0 Å². The summed E-state index contributed by atoms with van der Waals surface area (Å²) in [6, 6.07) is 11.8. The maximum absolute atomic E-state index is 8.74. The van der Waals surface area contributed by atoms with Crippen molar-refractivity contribution >= 4 is 28.6 Å². The highest BCUT2D eigenvalue weighted by Crippen LogP contribution is 2.24. The fourth-order valence-electron chi connectivity index (χ4n) is 1.49. The number of hydrogen-bond acceptors (Lipinski definition) is 3. The minimum atomic E-state index is 0.690. The second-order valence-electron chi connectivity index (χ2n) is 3.71. The molecule has 0 fully saturated rings. The van der Waals surface area contributed by atoms with Crippen LogP contribution in [0.1, 0.15) is 15.3 Å². The first kappa shape index (κ1) is 12.0. The molecule has 4 heteroatoms. The molecule has 2 nitrogen and oxygen atoms in total. The Balaban J connectivity index is 2.07. The summed E-state index contributed by atoms with van der Waals surface area (Å²) in [5.74, 6) is 0. The van der Waals surface area contributed by atoms with E-state index < -0.39 is 0 Å². The van der Waals surface area contributed by atoms with E-state index in [4.69, 9.17) is 16.9 Å². The highest BCUT2D eigenvalue weighted by atomic mass is 35.5. The molecule has 0 saturated heterocycles. The number of rotatable bonds is 3. The Morgan fingerprint density at radius 1 is 1.35 bits per heavy atom. The van der Waals surface area contributed by atoms with Crippen molar-refractivity contribution in [2.75, 3.05) is 5.32 Å². The Labute approximate surface area is 109 Å². The Bertz CT molecular complexity index is 569. The molecule has 17 heavy (non-hydrogen) atoms. The molecule has 0 atom stereocenters. The maximum Gasteiger partial charge on any atom is 0.110 e. The normalized spacial score (nSPS) is 9.94. The van der Waals surface area contributed by atoms with Crippen molar-refractivity contribution in [2.45, 2.75) is 13.5 Å². The highest BCUT2D eigenvalue weighted by Gasteiger charge is 2.02. The lowest BCUT2D eigenvalue weighted by atomic mass is 10.2. The summed E-state index contributed by atoms with van der Waals surface area (Å²) in [5.41, 5.74) is 2.10. The van der Waals surface area contributed by atoms with Crippen LogP contribution in [0.2, 0.25) is 5.02 Å². The van der Waals surface area contributed by atoms with E-state index >= 15 is 0 Å². The van der Waals surface area contributed by atoms with Gasteiger partial charge in [-0.15, -0.1) is 11.3 Å². The zero-order chi connectivity index (χ0) is 12.3. The minimum Gasteiger partial charge on any atom is -0.379 e. The Morgan fingerprint density at radius 2 is 2.18 bits per heavy atom. The average molecular weight is 263 g/mol. The zero-order valence-electron chi connectivity index (χ0n) is 9.33. The van der Waals surface area contributed by atoms with Crippen molar-refractivity contribution in [3.8, 4) is 6.07 Å². The van der Waals surface area contributed by atoms with Crippen LogP contribution in [-0.4, -0.2) is 0 Å². The molecule has 2 aromatic rings.